The molecule has 31 heavy (non-hydrogen) atoms. The molecule has 2 fully saturated rings. The molecule has 2 heterocycles. The smallest absolute Gasteiger partial charge is 0.332 e. The van der Waals surface area contributed by atoms with E-state index in [0.717, 1.165) is 17.7 Å². The number of aliphatic carboxylic acids is 1. The van der Waals surface area contributed by atoms with Crippen LogP contribution >= 0.6 is 11.8 Å². The lowest BCUT2D eigenvalue weighted by molar-refractivity contribution is -0.160. The maximum Gasteiger partial charge on any atom is 0.332 e. The summed E-state index contributed by atoms with van der Waals surface area (Å²) in [7, 11) is 0. The highest BCUT2D eigenvalue weighted by Crippen LogP contribution is 2.51. The Morgan fingerprint density at radius 2 is 1.71 bits per heavy atom. The van der Waals surface area contributed by atoms with Gasteiger partial charge in [-0.15, -0.1) is 11.8 Å². The molecular formula is C22H26N2O6S. The molecular weight excluding hydrogens is 420 g/mol. The number of nitrogens with one attached hydrogen (secondary N) is 1. The largest absolute Gasteiger partial charge is 0.480 e. The van der Waals surface area contributed by atoms with E-state index in [-0.39, 0.29) is 11.1 Å². The normalized spacial score (nSPS) is 25.7. The Morgan fingerprint density at radius 3 is 2.19 bits per heavy atom. The number of rotatable bonds is 4. The second kappa shape index (κ2) is 7.63. The van der Waals surface area contributed by atoms with E-state index in [1.807, 2.05) is 0 Å². The molecule has 1 aromatic rings. The van der Waals surface area contributed by atoms with Gasteiger partial charge in [0.15, 0.2) is 6.04 Å². The number of carbonyl (C=O) groups is 4. The molecule has 4 rings (SSSR count). The van der Waals surface area contributed by atoms with Gasteiger partial charge in [-0.3, -0.25) is 24.6 Å². The van der Waals surface area contributed by atoms with Crippen molar-refractivity contribution in [1.82, 2.24) is 10.2 Å². The zero-order chi connectivity index (χ0) is 22.6. The molecule has 8 nitrogen and oxygen atoms in total. The predicted molar refractivity (Wildman–Crippen MR) is 114 cm³/mol. The molecule has 3 aliphatic rings. The summed E-state index contributed by atoms with van der Waals surface area (Å²) < 4.78 is 5.01. The first-order chi connectivity index (χ1) is 14.5. The zero-order valence-electron chi connectivity index (χ0n) is 17.7. The van der Waals surface area contributed by atoms with Crippen molar-refractivity contribution in [2.75, 3.05) is 0 Å². The molecule has 1 spiro atoms. The lowest BCUT2D eigenvalue weighted by Crippen LogP contribution is -2.57. The van der Waals surface area contributed by atoms with Gasteiger partial charge in [0.25, 0.3) is 11.8 Å². The number of esters is 1. The molecule has 1 saturated heterocycles. The molecule has 2 aliphatic heterocycles. The Bertz CT molecular complexity index is 915. The van der Waals surface area contributed by atoms with Gasteiger partial charge in [0.1, 0.15) is 11.6 Å². The molecule has 0 bridgehead atoms. The van der Waals surface area contributed by atoms with E-state index in [9.17, 15) is 24.3 Å². The Morgan fingerprint density at radius 1 is 1.16 bits per heavy atom. The lowest BCUT2D eigenvalue weighted by atomic mass is 9.97. The summed E-state index contributed by atoms with van der Waals surface area (Å²) in [4.78, 5) is 52.5. The topological polar surface area (TPSA) is 113 Å². The number of amides is 2. The minimum atomic E-state index is -1.28. The second-order valence-corrected chi connectivity index (χ2v) is 10.8. The fraction of sp³-hybridized carbons (Fsp3) is 0.545. The van der Waals surface area contributed by atoms with E-state index in [0.29, 0.717) is 12.8 Å². The monoisotopic (exact) mass is 446 g/mol. The molecule has 1 saturated carbocycles. The summed E-state index contributed by atoms with van der Waals surface area (Å²) in [5.41, 5.74) is -0.377. The fourth-order valence-electron chi connectivity index (χ4n) is 4.69. The molecule has 2 N–H and O–H groups in total. The van der Waals surface area contributed by atoms with Crippen LogP contribution in [-0.4, -0.2) is 61.6 Å². The number of nitrogens with zero attached hydrogens (tertiary/aromatic N) is 1. The third-order valence-corrected chi connectivity index (χ3v) is 7.72. The van der Waals surface area contributed by atoms with Crippen LogP contribution in [0.25, 0.3) is 0 Å². The SMILES string of the molecule is CC(C)(C)OC(=O)C(C1NC(C(=O)O)C2(CCCC2)S1)N1C(=O)c2ccccc2C1=O. The van der Waals surface area contributed by atoms with Crippen LogP contribution in [0.15, 0.2) is 24.3 Å². The van der Waals surface area contributed by atoms with Gasteiger partial charge in [-0.25, -0.2) is 4.79 Å². The summed E-state index contributed by atoms with van der Waals surface area (Å²) in [5.74, 6) is -2.87. The van der Waals surface area contributed by atoms with Gasteiger partial charge in [-0.2, -0.15) is 0 Å². The van der Waals surface area contributed by atoms with E-state index < -0.39 is 51.6 Å². The lowest BCUT2D eigenvalue weighted by Gasteiger charge is -2.32. The first-order valence-corrected chi connectivity index (χ1v) is 11.3. The van der Waals surface area contributed by atoms with Gasteiger partial charge in [0.05, 0.1) is 16.5 Å². The van der Waals surface area contributed by atoms with Crippen LogP contribution in [0.3, 0.4) is 0 Å². The summed E-state index contributed by atoms with van der Waals surface area (Å²) in [6.07, 6.45) is 3.19. The van der Waals surface area contributed by atoms with Crippen LogP contribution in [0.2, 0.25) is 0 Å². The molecule has 3 unspecified atom stereocenters. The van der Waals surface area contributed by atoms with Crippen LogP contribution in [0, 0.1) is 0 Å². The van der Waals surface area contributed by atoms with Crippen molar-refractivity contribution >= 4 is 35.5 Å². The van der Waals surface area contributed by atoms with Crippen molar-refractivity contribution in [2.24, 2.45) is 0 Å². The number of hydrogen-bond acceptors (Lipinski definition) is 7. The van der Waals surface area contributed by atoms with Crippen molar-refractivity contribution in [3.8, 4) is 0 Å². The average Bonchev–Trinajstić information content (AvgIpc) is 3.36. The Labute approximate surface area is 184 Å². The number of benzene rings is 1. The third kappa shape index (κ3) is 3.74. The van der Waals surface area contributed by atoms with Gasteiger partial charge in [0.2, 0.25) is 0 Å². The Balaban J connectivity index is 1.73. The number of imide groups is 1. The van der Waals surface area contributed by atoms with Crippen LogP contribution in [0.5, 0.6) is 0 Å². The molecule has 1 aromatic carbocycles. The number of carboxylic acids is 1. The highest BCUT2D eigenvalue weighted by Gasteiger charge is 2.58. The van der Waals surface area contributed by atoms with Crippen molar-refractivity contribution in [1.29, 1.82) is 0 Å². The number of thioether (sulfide) groups is 1. The van der Waals surface area contributed by atoms with Crippen LogP contribution in [-0.2, 0) is 14.3 Å². The fourth-order valence-corrected chi connectivity index (χ4v) is 6.59. The van der Waals surface area contributed by atoms with Crippen molar-refractivity contribution in [3.63, 3.8) is 0 Å². The Kier molecular flexibility index (Phi) is 5.37. The van der Waals surface area contributed by atoms with E-state index in [4.69, 9.17) is 4.74 Å². The van der Waals surface area contributed by atoms with E-state index >= 15 is 0 Å². The van der Waals surface area contributed by atoms with E-state index in [1.54, 1.807) is 45.0 Å². The van der Waals surface area contributed by atoms with Gasteiger partial charge in [-0.05, 0) is 45.7 Å². The van der Waals surface area contributed by atoms with E-state index in [1.165, 1.54) is 11.8 Å². The maximum absolute atomic E-state index is 13.3. The summed E-state index contributed by atoms with van der Waals surface area (Å²) in [6, 6.07) is 4.27. The van der Waals surface area contributed by atoms with Crippen molar-refractivity contribution < 1.29 is 29.0 Å². The number of ether oxygens (including phenoxy) is 1. The number of hydrogen-bond donors (Lipinski definition) is 2. The minimum Gasteiger partial charge on any atom is -0.480 e. The first-order valence-electron chi connectivity index (χ1n) is 10.4. The Hall–Kier alpha value is -2.39. The molecule has 3 atom stereocenters. The highest BCUT2D eigenvalue weighted by molar-refractivity contribution is 8.01. The van der Waals surface area contributed by atoms with Gasteiger partial charge in [-0.1, -0.05) is 25.0 Å². The van der Waals surface area contributed by atoms with Crippen LogP contribution < -0.4 is 5.32 Å². The van der Waals surface area contributed by atoms with Crippen molar-refractivity contribution in [3.05, 3.63) is 35.4 Å². The summed E-state index contributed by atoms with van der Waals surface area (Å²) >= 11 is 1.35. The molecule has 0 radical (unpaired) electrons. The molecule has 2 amide bonds. The van der Waals surface area contributed by atoms with Crippen LogP contribution in [0.1, 0.15) is 67.2 Å². The van der Waals surface area contributed by atoms with Crippen LogP contribution in [0.4, 0.5) is 0 Å². The second-order valence-electron chi connectivity index (χ2n) is 9.25. The van der Waals surface area contributed by atoms with Gasteiger partial charge < -0.3 is 9.84 Å². The predicted octanol–water partition coefficient (Wildman–Crippen LogP) is 2.42. The summed E-state index contributed by atoms with van der Waals surface area (Å²) in [5, 5.41) is 12.1. The standard InChI is InChI=1S/C22H26N2O6S/c1-21(2,3)30-20(29)14(24-17(25)12-8-4-5-9-13(12)18(24)26)16-23-15(19(27)28)22(31-16)10-6-7-11-22/h4-5,8-9,14-16,23H,6-7,10-11H2,1-3H3,(H,27,28). The van der Waals surface area contributed by atoms with Gasteiger partial charge >= 0.3 is 11.9 Å². The molecule has 1 aliphatic carbocycles. The number of carboxylic acid groups (broad SMARTS) is 1. The van der Waals surface area contributed by atoms with E-state index in [2.05, 4.69) is 5.32 Å². The van der Waals surface area contributed by atoms with Gasteiger partial charge in [0, 0.05) is 4.75 Å². The number of carbonyl (C=O) groups excluding carboxylic acids is 3. The average molecular weight is 447 g/mol. The summed E-state index contributed by atoms with van der Waals surface area (Å²) in [6.45, 7) is 5.12. The minimum absolute atomic E-state index is 0.231. The van der Waals surface area contributed by atoms with Crippen molar-refractivity contribution in [2.45, 2.75) is 74.3 Å². The number of fused-ring (bicyclic) bond motifs is 1. The molecule has 9 heteroatoms. The third-order valence-electron chi connectivity index (χ3n) is 5.95. The highest BCUT2D eigenvalue weighted by atomic mass is 32.2. The quantitative estimate of drug-likeness (QED) is 0.536. The maximum atomic E-state index is 13.3. The zero-order valence-corrected chi connectivity index (χ0v) is 18.5. The molecule has 0 aromatic heterocycles. The molecule has 166 valence electrons. The first kappa shape index (κ1) is 21.8.